The molecule has 5 saturated carbocycles. The summed E-state index contributed by atoms with van der Waals surface area (Å²) in [5, 5.41) is 67.6. The Morgan fingerprint density at radius 2 is 1.20 bits per heavy atom. The molecule has 10 aromatic rings. The summed E-state index contributed by atoms with van der Waals surface area (Å²) in [5.41, 5.74) is 19.3. The van der Waals surface area contributed by atoms with E-state index in [1.54, 1.807) is 37.6 Å². The van der Waals surface area contributed by atoms with Crippen molar-refractivity contribution in [1.82, 2.24) is 86.8 Å². The van der Waals surface area contributed by atoms with Crippen molar-refractivity contribution in [3.8, 4) is 50.6 Å². The summed E-state index contributed by atoms with van der Waals surface area (Å²) in [7, 11) is 0. The van der Waals surface area contributed by atoms with Gasteiger partial charge in [0, 0.05) is 86.9 Å². The molecule has 9 aliphatic rings. The molecule has 136 heavy (non-hydrogen) atoms. The van der Waals surface area contributed by atoms with Gasteiger partial charge in [0.15, 0.2) is 5.11 Å². The van der Waals surface area contributed by atoms with E-state index < -0.39 is 53.0 Å². The molecule has 1 aliphatic heterocycles. The number of nitrogens with one attached hydrogen (secondary N) is 6. The summed E-state index contributed by atoms with van der Waals surface area (Å²) in [5.74, 6) is 0.0481. The number of fused-ring (bicyclic) bond motifs is 10. The van der Waals surface area contributed by atoms with Crippen LogP contribution < -0.4 is 36.8 Å². The number of amides is 5. The van der Waals surface area contributed by atoms with Crippen LogP contribution in [0.2, 0.25) is 0 Å². The second-order valence-corrected chi connectivity index (χ2v) is 41.4. The number of alkyl carbamates (subject to hydrolysis) is 1. The first kappa shape index (κ1) is 94.3. The number of rotatable bonds is 35. The lowest BCUT2D eigenvalue weighted by molar-refractivity contribution is -0.159. The molecule has 6 fully saturated rings. The summed E-state index contributed by atoms with van der Waals surface area (Å²) in [4.78, 5) is 97.9. The maximum absolute atomic E-state index is 15.5. The number of aliphatic hydroxyl groups is 2. The molecule has 4 aromatic heterocycles. The molecule has 8 aliphatic carbocycles. The second-order valence-electron chi connectivity index (χ2n) is 41.0. The highest BCUT2D eigenvalue weighted by molar-refractivity contribution is 7.80. The summed E-state index contributed by atoms with van der Waals surface area (Å²) < 4.78 is 18.2. The predicted molar refractivity (Wildman–Crippen MR) is 525 cm³/mol. The van der Waals surface area contributed by atoms with Crippen molar-refractivity contribution in [2.45, 2.75) is 243 Å². The summed E-state index contributed by atoms with van der Waals surface area (Å²) in [6.07, 6.45) is 16.5. The van der Waals surface area contributed by atoms with Crippen LogP contribution >= 0.6 is 12.2 Å². The highest BCUT2D eigenvalue weighted by Gasteiger charge is 2.63. The Labute approximate surface area is 801 Å². The van der Waals surface area contributed by atoms with Crippen LogP contribution in [0.4, 0.5) is 10.5 Å². The molecule has 1 saturated heterocycles. The molecule has 5 amide bonds. The summed E-state index contributed by atoms with van der Waals surface area (Å²) in [6.45, 7) is 18.7. The maximum Gasteiger partial charge on any atom is 0.407 e. The van der Waals surface area contributed by atoms with Crippen LogP contribution in [0.3, 0.4) is 0 Å². The Kier molecular flexibility index (Phi) is 28.5. The van der Waals surface area contributed by atoms with Gasteiger partial charge in [0.25, 0.3) is 5.91 Å². The molecule has 6 aromatic carbocycles. The van der Waals surface area contributed by atoms with E-state index in [0.717, 1.165) is 157 Å². The van der Waals surface area contributed by atoms with Gasteiger partial charge in [-0.05, 0) is 284 Å². The van der Waals surface area contributed by atoms with Crippen molar-refractivity contribution in [3.05, 3.63) is 220 Å². The van der Waals surface area contributed by atoms with Gasteiger partial charge in [-0.15, -0.1) is 15.3 Å². The standard InChI is InChI=1S/C107H130N18O10S/c1-66(2)85-53-76(54-86(67(3)4)96(85)124-97-78-25-11-9-23-72(78)38-37-71-22-8-10-24-77(71)95(97)117-119-124)121-48-50-122(51-49-121)103(136)110-47-21-18-32-92(101(131)135-105(5,6)7)113-99(129)90(30-17-20-46-109-102(132)106-55-69-52-70(56-106)58-107(57-69,65-106)125-94-44-42-84-83(87(84)63-127)41-43-89(94)115-120-125)112-100(130)91(114-104(133)134-64-88-81-28-14-12-26-79(81)80-27-13-15-29-82(80)88)31-16-19-45-108-98(128)74-39-40-75(111-59-74)60-123-61-93(116-118-123)73-35-33-68(62-126)34-36-73/h8-15,22-29,33-36,39-40,53-54,59,61,66-67,69-70,83-84,87-88,90-92,126-127H,16-21,30-32,37-38,41-52,55-58,60,62-65H2,1-7H3,(H,108,128)(H,109,132)(H,110,136)(H,112,130)(H,113,129)(H,114,133)/t69-,70+,83-,84+,87+,90-,91-,92-,106?,107?/m0/s1. The molecule has 714 valence electrons. The number of aryl methyl sites for hydroxylation is 3. The minimum atomic E-state index is -1.24. The number of hydrogen-bond acceptors (Lipinski definition) is 19. The number of esters is 1. The SMILES string of the molecule is CC(C)c1cc(N2CCN(C(=S)NCCCC[C@H](NC(=O)[C@H](CCCCNC(=O)C34C[C@H]5C[C@@H](C3)CC(n3nnc6c3CC[C@H]3[C@H](CO)[C@H]3CC6)(C5)C4)NC(=O)[C@H](CCCCNC(=O)c3ccc(Cn4cc(-c5ccc(CO)cc5)nn4)nc3)NC(=O)OCC3c4ccccc4-c4ccccc43)C(=O)OC(C)(C)C)CC2)cc(C(C)C)c1-n1nnc2c1-c1ccccc1CCc1ccccc1-2. The van der Waals surface area contributed by atoms with Gasteiger partial charge >= 0.3 is 12.1 Å². The maximum atomic E-state index is 15.5. The molecule has 0 radical (unpaired) electrons. The third kappa shape index (κ3) is 20.6. The lowest BCUT2D eigenvalue weighted by atomic mass is 9.46. The second kappa shape index (κ2) is 41.1. The fourth-order valence-corrected chi connectivity index (χ4v) is 23.7. The van der Waals surface area contributed by atoms with Gasteiger partial charge in [0.1, 0.15) is 47.4 Å². The zero-order valence-electron chi connectivity index (χ0n) is 79.4. The van der Waals surface area contributed by atoms with E-state index in [-0.39, 0.29) is 80.7 Å². The average molecular weight is 1860 g/mol. The third-order valence-electron chi connectivity index (χ3n) is 30.0. The van der Waals surface area contributed by atoms with Crippen molar-refractivity contribution >= 4 is 58.7 Å². The Morgan fingerprint density at radius 1 is 0.603 bits per heavy atom. The number of aliphatic hydroxyl groups excluding tert-OH is 2. The number of unbranched alkanes of at least 4 members (excludes halogenated alkanes) is 3. The van der Waals surface area contributed by atoms with E-state index in [4.69, 9.17) is 42.3 Å². The number of thiocarbonyl (C=S) groups is 1. The first-order valence-electron chi connectivity index (χ1n) is 49.6. The minimum Gasteiger partial charge on any atom is -0.458 e. The average Bonchev–Trinajstić information content (AvgIpc) is 1.33. The fraction of sp³-hybridized carbons (Fsp3) is 0.495. The number of pyridine rings is 1. The van der Waals surface area contributed by atoms with Crippen molar-refractivity contribution in [3.63, 3.8) is 0 Å². The summed E-state index contributed by atoms with van der Waals surface area (Å²) >= 11 is 6.14. The van der Waals surface area contributed by atoms with Crippen LogP contribution in [-0.2, 0) is 73.0 Å². The Bertz CT molecular complexity index is 5920. The zero-order valence-corrected chi connectivity index (χ0v) is 80.2. The molecule has 29 heteroatoms. The van der Waals surface area contributed by atoms with Gasteiger partial charge in [0.05, 0.1) is 58.6 Å². The zero-order chi connectivity index (χ0) is 94.5. The molecule has 28 nitrogen and oxygen atoms in total. The number of nitrogens with zero attached hydrogens (tertiary/aromatic N) is 12. The van der Waals surface area contributed by atoms with Crippen molar-refractivity contribution in [2.24, 2.45) is 35.0 Å². The normalized spacial score (nSPS) is 20.7. The lowest BCUT2D eigenvalue weighted by Gasteiger charge is -2.61. The van der Waals surface area contributed by atoms with Crippen molar-refractivity contribution in [1.29, 1.82) is 0 Å². The minimum absolute atomic E-state index is 0.0225. The van der Waals surface area contributed by atoms with Gasteiger partial charge < -0.3 is 61.4 Å². The topological polar surface area (TPSA) is 345 Å². The first-order chi connectivity index (χ1) is 65.9. The predicted octanol–water partition coefficient (Wildman–Crippen LogP) is 14.7. The number of carbonyl (C=O) groups excluding carboxylic acids is 6. The molecule has 8 N–H and O–H groups in total. The van der Waals surface area contributed by atoms with Gasteiger partial charge in [0.2, 0.25) is 17.7 Å². The van der Waals surface area contributed by atoms with E-state index in [0.29, 0.717) is 129 Å². The Balaban J connectivity index is 0.540. The number of anilines is 1. The highest BCUT2D eigenvalue weighted by Crippen LogP contribution is 2.65. The van der Waals surface area contributed by atoms with Crippen molar-refractivity contribution < 1.29 is 48.5 Å². The van der Waals surface area contributed by atoms with Crippen LogP contribution in [-0.4, -0.2) is 189 Å². The number of piperazine rings is 1. The quantitative estimate of drug-likeness (QED) is 0.0104. The number of carbonyl (C=O) groups is 6. The smallest absolute Gasteiger partial charge is 0.407 e. The number of ether oxygens (including phenoxy) is 2. The van der Waals surface area contributed by atoms with Crippen LogP contribution in [0.5, 0.6) is 0 Å². The Morgan fingerprint density at radius 3 is 1.83 bits per heavy atom. The van der Waals surface area contributed by atoms with E-state index in [1.165, 1.54) is 34.1 Å². The molecule has 2 unspecified atom stereocenters. The molecule has 19 rings (SSSR count). The monoisotopic (exact) mass is 1860 g/mol. The molecular weight excluding hydrogens is 1730 g/mol. The van der Waals surface area contributed by atoms with E-state index in [1.807, 2.05) is 66.9 Å². The largest absolute Gasteiger partial charge is 0.458 e. The van der Waals surface area contributed by atoms with Gasteiger partial charge in [-0.3, -0.25) is 24.2 Å². The summed E-state index contributed by atoms with van der Waals surface area (Å²) in [6, 6.07) is 45.3. The number of aromatic nitrogens is 10. The van der Waals surface area contributed by atoms with Crippen molar-refractivity contribution in [2.75, 3.05) is 63.9 Å². The third-order valence-corrected chi connectivity index (χ3v) is 30.4. The van der Waals surface area contributed by atoms with E-state index in [2.05, 4.69) is 167 Å². The fourth-order valence-electron chi connectivity index (χ4n) is 23.4. The first-order valence-corrected chi connectivity index (χ1v) is 50.0. The van der Waals surface area contributed by atoms with E-state index >= 15 is 14.4 Å². The van der Waals surface area contributed by atoms with Crippen LogP contribution in [0.1, 0.15) is 242 Å². The molecule has 5 heterocycles. The van der Waals surface area contributed by atoms with Crippen LogP contribution in [0.25, 0.3) is 50.6 Å². The van der Waals surface area contributed by atoms with E-state index in [9.17, 15) is 24.6 Å². The van der Waals surface area contributed by atoms with Gasteiger partial charge in [-0.2, -0.15) is 0 Å². The van der Waals surface area contributed by atoms with Gasteiger partial charge in [-0.1, -0.05) is 165 Å². The van der Waals surface area contributed by atoms with Gasteiger partial charge in [-0.25, -0.2) is 23.6 Å². The number of hydrogen-bond donors (Lipinski definition) is 8. The molecule has 4 bridgehead atoms. The van der Waals surface area contributed by atoms with Crippen LogP contribution in [0.15, 0.2) is 158 Å². The Hall–Kier alpha value is -12.1. The molecular formula is C107H130N18O10S. The number of benzene rings is 6. The highest BCUT2D eigenvalue weighted by atomic mass is 32.1. The molecule has 10 atom stereocenters. The lowest BCUT2D eigenvalue weighted by Crippen LogP contribution is -2.61. The molecule has 0 spiro atoms. The van der Waals surface area contributed by atoms with Crippen LogP contribution in [0, 0.1) is 35.0 Å².